The van der Waals surface area contributed by atoms with Gasteiger partial charge in [-0.15, -0.1) is 0 Å². The molecule has 0 rings (SSSR count). The van der Waals surface area contributed by atoms with Crippen LogP contribution >= 0.6 is 0 Å². The molecule has 238 valence electrons. The fourth-order valence-corrected chi connectivity index (χ4v) is 3.52. The Balaban J connectivity index is -0.000000289. The fraction of sp³-hybridized carbons (Fsp3) is 0.667. The predicted molar refractivity (Wildman–Crippen MR) is 150 cm³/mol. The van der Waals surface area contributed by atoms with E-state index in [1.54, 1.807) is 13.1 Å². The first-order chi connectivity index (χ1) is 17.5. The zero-order valence-electron chi connectivity index (χ0n) is 23.2. The van der Waals surface area contributed by atoms with Gasteiger partial charge in [0.1, 0.15) is 0 Å². The van der Waals surface area contributed by atoms with Gasteiger partial charge >= 0.3 is 0 Å². The first-order valence-electron chi connectivity index (χ1n) is 14.0. The van der Waals surface area contributed by atoms with Crippen LogP contribution in [0.1, 0.15) is 128 Å². The van der Waals surface area contributed by atoms with Gasteiger partial charge in [0.15, 0.2) is 11.9 Å². The molecule has 6 nitrogen and oxygen atoms in total. The van der Waals surface area contributed by atoms with Crippen molar-refractivity contribution in [2.45, 2.75) is 128 Å². The average molecular weight is 634 g/mol. The molecule has 0 heterocycles. The summed E-state index contributed by atoms with van der Waals surface area (Å²) < 4.78 is 0. The number of unbranched alkanes of at least 4 members (excludes halogenated alkanes) is 22. The van der Waals surface area contributed by atoms with Gasteiger partial charge in [-0.25, -0.2) is 25.7 Å². The van der Waals surface area contributed by atoms with Crippen LogP contribution in [0.5, 0.6) is 0 Å². The summed E-state index contributed by atoms with van der Waals surface area (Å²) in [6.45, 7) is 3.43. The summed E-state index contributed by atoms with van der Waals surface area (Å²) in [7, 11) is 0. The summed E-state index contributed by atoms with van der Waals surface area (Å²) in [6, 6.07) is 0. The molecule has 8 heteroatoms. The number of rotatable bonds is 28. The second-order valence-electron chi connectivity index (χ2n) is 9.00. The van der Waals surface area contributed by atoms with E-state index in [1.165, 1.54) is 77.0 Å². The SMILES string of the molecule is N[CH-]CC[CH-]CCCCCC[CH-]CC[CH-]C(=O)O.N[CH-]CC[CH-]CCCCCC[CH-]CC[CH-]C(=O)O.[Cu].[Cu]. The van der Waals surface area contributed by atoms with Crippen LogP contribution in [0.2, 0.25) is 0 Å². The van der Waals surface area contributed by atoms with Gasteiger partial charge < -0.3 is 47.4 Å². The molecule has 0 aliphatic rings. The molecule has 0 bridgehead atoms. The summed E-state index contributed by atoms with van der Waals surface area (Å²) in [5.41, 5.74) is 10.6. The van der Waals surface area contributed by atoms with E-state index in [1.807, 2.05) is 0 Å². The van der Waals surface area contributed by atoms with E-state index in [0.29, 0.717) is 12.8 Å². The van der Waals surface area contributed by atoms with Crippen molar-refractivity contribution in [3.8, 4) is 0 Å². The molecular weight excluding hydrogens is 579 g/mol. The largest absolute Gasteiger partial charge is 0.503 e. The molecule has 0 fully saturated rings. The molecule has 0 spiro atoms. The van der Waals surface area contributed by atoms with Crippen molar-refractivity contribution in [1.82, 2.24) is 0 Å². The van der Waals surface area contributed by atoms with Gasteiger partial charge in [-0.2, -0.15) is 51.4 Å². The van der Waals surface area contributed by atoms with Crippen LogP contribution in [-0.4, -0.2) is 22.2 Å². The maximum absolute atomic E-state index is 10.2. The smallest absolute Gasteiger partial charge is 0.163 e. The topological polar surface area (TPSA) is 127 Å². The molecule has 0 unspecified atom stereocenters. The second-order valence-corrected chi connectivity index (χ2v) is 9.00. The fourth-order valence-electron chi connectivity index (χ4n) is 3.52. The summed E-state index contributed by atoms with van der Waals surface area (Å²) in [6.07, 6.45) is 33.7. The van der Waals surface area contributed by atoms with Gasteiger partial charge in [-0.05, 0) is 0 Å². The molecular formula is C30H54Cu2N2O4-8. The Morgan fingerprint density at radius 3 is 0.921 bits per heavy atom. The third-order valence-electron chi connectivity index (χ3n) is 5.59. The van der Waals surface area contributed by atoms with Crippen molar-refractivity contribution < 1.29 is 53.9 Å². The molecule has 0 aromatic rings. The molecule has 0 saturated heterocycles. The molecule has 0 aliphatic heterocycles. The van der Waals surface area contributed by atoms with Gasteiger partial charge in [0.25, 0.3) is 0 Å². The van der Waals surface area contributed by atoms with E-state index in [2.05, 4.69) is 25.7 Å². The maximum Gasteiger partial charge on any atom is 0.163 e. The minimum atomic E-state index is -0.813. The molecule has 0 aliphatic carbocycles. The van der Waals surface area contributed by atoms with Crippen LogP contribution in [-0.2, 0) is 43.7 Å². The number of aliphatic carboxylic acids is 2. The number of carboxylic acid groups (broad SMARTS) is 2. The van der Waals surface area contributed by atoms with Crippen molar-refractivity contribution in [2.24, 2.45) is 11.5 Å². The van der Waals surface area contributed by atoms with Crippen molar-refractivity contribution in [1.29, 1.82) is 0 Å². The van der Waals surface area contributed by atoms with Crippen LogP contribution in [0, 0.1) is 51.6 Å². The third-order valence-corrected chi connectivity index (χ3v) is 5.59. The number of hydrogen-bond acceptors (Lipinski definition) is 4. The maximum atomic E-state index is 10.2. The zero-order valence-corrected chi connectivity index (χ0v) is 25.1. The Hall–Kier alpha value is -0.361. The van der Waals surface area contributed by atoms with Gasteiger partial charge in [0.2, 0.25) is 0 Å². The second kappa shape index (κ2) is 41.1. The summed E-state index contributed by atoms with van der Waals surface area (Å²) >= 11 is 0. The average Bonchev–Trinajstić information content (AvgIpc) is 2.85. The Morgan fingerprint density at radius 2 is 0.684 bits per heavy atom. The van der Waals surface area contributed by atoms with E-state index in [0.717, 1.165) is 51.4 Å². The number of carbonyl (C=O) groups is 2. The summed E-state index contributed by atoms with van der Waals surface area (Å²) in [5.74, 6) is -1.63. The Kier molecular flexibility index (Phi) is 48.3. The number of hydrogen-bond donors (Lipinski definition) is 4. The molecule has 0 amide bonds. The summed E-state index contributed by atoms with van der Waals surface area (Å²) in [4.78, 5) is 20.4. The minimum absolute atomic E-state index is 0. The van der Waals surface area contributed by atoms with Crippen LogP contribution in [0.3, 0.4) is 0 Å². The third kappa shape index (κ3) is 48.7. The predicted octanol–water partition coefficient (Wildman–Crippen LogP) is 7.41. The van der Waals surface area contributed by atoms with Crippen LogP contribution in [0.4, 0.5) is 0 Å². The summed E-state index contributed by atoms with van der Waals surface area (Å²) in [5, 5.41) is 16.8. The van der Waals surface area contributed by atoms with E-state index < -0.39 is 11.9 Å². The van der Waals surface area contributed by atoms with Crippen molar-refractivity contribution in [3.63, 3.8) is 0 Å². The Morgan fingerprint density at radius 1 is 0.421 bits per heavy atom. The van der Waals surface area contributed by atoms with Gasteiger partial charge in [-0.1, -0.05) is 51.4 Å². The minimum Gasteiger partial charge on any atom is -0.503 e. The molecule has 0 aromatic heterocycles. The van der Waals surface area contributed by atoms with E-state index in [4.69, 9.17) is 21.7 Å². The van der Waals surface area contributed by atoms with Gasteiger partial charge in [-0.3, -0.25) is 35.5 Å². The van der Waals surface area contributed by atoms with E-state index in [9.17, 15) is 9.59 Å². The van der Waals surface area contributed by atoms with Crippen molar-refractivity contribution >= 4 is 11.9 Å². The van der Waals surface area contributed by atoms with Crippen molar-refractivity contribution in [3.05, 3.63) is 51.6 Å². The van der Waals surface area contributed by atoms with Crippen LogP contribution in [0.25, 0.3) is 0 Å². The first kappa shape index (κ1) is 44.7. The molecule has 0 aromatic carbocycles. The van der Waals surface area contributed by atoms with Gasteiger partial charge in [0, 0.05) is 34.1 Å². The Labute approximate surface area is 256 Å². The quantitative estimate of drug-likeness (QED) is 0.0404. The molecule has 0 saturated carbocycles. The van der Waals surface area contributed by atoms with Crippen LogP contribution in [0.15, 0.2) is 0 Å². The molecule has 0 atom stereocenters. The number of nitrogens with two attached hydrogens (primary N) is 2. The molecule has 2 radical (unpaired) electrons. The molecule has 6 N–H and O–H groups in total. The first-order valence-corrected chi connectivity index (χ1v) is 14.0. The van der Waals surface area contributed by atoms with Crippen LogP contribution < -0.4 is 11.5 Å². The molecule has 38 heavy (non-hydrogen) atoms. The number of carboxylic acids is 2. The zero-order chi connectivity index (χ0) is 27.0. The van der Waals surface area contributed by atoms with E-state index in [-0.39, 0.29) is 34.1 Å². The standard InChI is InChI=1S/2C15H27NO2.2Cu/c2*16-14-12-10-8-6-4-2-1-3-5-7-9-11-13-15(17)18;;/h2*7-8,13-14H,1-6,9-12,16H2,(H,17,18);;/q2*-4;;. The normalized spacial score (nSPS) is 9.95. The van der Waals surface area contributed by atoms with E-state index >= 15 is 0 Å². The Bertz CT molecular complexity index is 418. The van der Waals surface area contributed by atoms with Crippen molar-refractivity contribution in [2.75, 3.05) is 0 Å². The monoisotopic (exact) mass is 632 g/mol. The van der Waals surface area contributed by atoms with Gasteiger partial charge in [0.05, 0.1) is 0 Å².